The highest BCUT2D eigenvalue weighted by atomic mass is 79.9. The number of hydrogen-bond donors (Lipinski definition) is 0. The Morgan fingerprint density at radius 2 is 2.13 bits per heavy atom. The van der Waals surface area contributed by atoms with Crippen LogP contribution in [0, 0.1) is 6.92 Å². The largest absolute Gasteiger partial charge is 0.437 e. The fourth-order valence-corrected chi connectivity index (χ4v) is 2.90. The third-order valence-corrected chi connectivity index (χ3v) is 4.17. The lowest BCUT2D eigenvalue weighted by Gasteiger charge is -2.10. The second-order valence-electron chi connectivity index (χ2n) is 5.21. The molecule has 0 unspecified atom stereocenters. The van der Waals surface area contributed by atoms with Crippen molar-refractivity contribution in [2.24, 2.45) is 0 Å². The number of rotatable bonds is 4. The van der Waals surface area contributed by atoms with E-state index in [0.717, 1.165) is 4.47 Å². The molecule has 0 N–H and O–H groups in total. The molecule has 0 aliphatic heterocycles. The monoisotopic (exact) mass is 378 g/mol. The van der Waals surface area contributed by atoms with Crippen LogP contribution >= 0.6 is 15.9 Å². The molecule has 23 heavy (non-hydrogen) atoms. The summed E-state index contributed by atoms with van der Waals surface area (Å²) in [6.07, 6.45) is 0.662. The normalized spacial score (nSPS) is 11.4. The van der Waals surface area contributed by atoms with Crippen LogP contribution in [0.1, 0.15) is 12.2 Å². The average Bonchev–Trinajstić information content (AvgIpc) is 2.51. The average molecular weight is 379 g/mol. The Kier molecular flexibility index (Phi) is 4.32. The van der Waals surface area contributed by atoms with Crippen molar-refractivity contribution in [1.29, 1.82) is 0 Å². The van der Waals surface area contributed by atoms with Crippen LogP contribution in [-0.2, 0) is 11.3 Å². The van der Waals surface area contributed by atoms with Crippen LogP contribution in [0.2, 0.25) is 0 Å². The zero-order valence-corrected chi connectivity index (χ0v) is 14.3. The molecular weight excluding hydrogens is 364 g/mol. The summed E-state index contributed by atoms with van der Waals surface area (Å²) in [6, 6.07) is 5.10. The molecule has 2 aromatic heterocycles. The number of ether oxygens (including phenoxy) is 1. The Bertz CT molecular complexity index is 1010. The summed E-state index contributed by atoms with van der Waals surface area (Å²) in [7, 11) is 1.60. The lowest BCUT2D eigenvalue weighted by molar-refractivity contribution is 0.189. The summed E-state index contributed by atoms with van der Waals surface area (Å²) in [6.45, 7) is 2.69. The van der Waals surface area contributed by atoms with Gasteiger partial charge in [0.25, 0.3) is 5.56 Å². The number of methoxy groups -OCH3 is 1. The Morgan fingerprint density at radius 3 is 2.87 bits per heavy atom. The Morgan fingerprint density at radius 1 is 1.35 bits per heavy atom. The van der Waals surface area contributed by atoms with Gasteiger partial charge in [-0.25, -0.2) is 0 Å². The molecule has 0 aliphatic rings. The van der Waals surface area contributed by atoms with Crippen LogP contribution in [0.3, 0.4) is 0 Å². The molecule has 0 atom stereocenters. The first-order valence-corrected chi connectivity index (χ1v) is 7.94. The number of fused-ring (bicyclic) bond motifs is 2. The lowest BCUT2D eigenvalue weighted by Crippen LogP contribution is -2.28. The van der Waals surface area contributed by atoms with Crippen LogP contribution in [-0.4, -0.2) is 23.3 Å². The Balaban J connectivity index is 2.31. The van der Waals surface area contributed by atoms with Crippen molar-refractivity contribution in [2.45, 2.75) is 19.9 Å². The zero-order chi connectivity index (χ0) is 16.6. The first-order valence-electron chi connectivity index (χ1n) is 7.15. The van der Waals surface area contributed by atoms with E-state index in [-0.39, 0.29) is 22.1 Å². The van der Waals surface area contributed by atoms with Crippen molar-refractivity contribution in [3.63, 3.8) is 0 Å². The van der Waals surface area contributed by atoms with Gasteiger partial charge in [-0.2, -0.15) is 4.98 Å². The summed E-state index contributed by atoms with van der Waals surface area (Å²) < 4.78 is 12.9. The highest BCUT2D eigenvalue weighted by molar-refractivity contribution is 9.10. The van der Waals surface area contributed by atoms with Crippen LogP contribution in [0.15, 0.2) is 36.7 Å². The molecule has 0 fully saturated rings. The Labute approximate surface area is 139 Å². The first kappa shape index (κ1) is 15.9. The third kappa shape index (κ3) is 2.82. The molecule has 0 spiro atoms. The third-order valence-electron chi connectivity index (χ3n) is 3.68. The maximum atomic E-state index is 12.7. The molecule has 0 saturated carbocycles. The Hall–Kier alpha value is -1.99. The van der Waals surface area contributed by atoms with Gasteiger partial charge < -0.3 is 9.15 Å². The molecule has 3 aromatic rings. The van der Waals surface area contributed by atoms with Crippen molar-refractivity contribution in [2.75, 3.05) is 13.7 Å². The predicted molar refractivity (Wildman–Crippen MR) is 91.0 cm³/mol. The van der Waals surface area contributed by atoms with Gasteiger partial charge in [0, 0.05) is 24.7 Å². The van der Waals surface area contributed by atoms with Crippen LogP contribution in [0.25, 0.3) is 22.1 Å². The molecule has 6 nitrogen and oxygen atoms in total. The van der Waals surface area contributed by atoms with Crippen LogP contribution < -0.4 is 11.0 Å². The summed E-state index contributed by atoms with van der Waals surface area (Å²) in [5.74, 6) is 0.512. The fourth-order valence-electron chi connectivity index (χ4n) is 2.54. The molecule has 3 rings (SSSR count). The van der Waals surface area contributed by atoms with Gasteiger partial charge in [0.15, 0.2) is 5.39 Å². The van der Waals surface area contributed by atoms with E-state index < -0.39 is 0 Å². The lowest BCUT2D eigenvalue weighted by atomic mass is 10.2. The number of aromatic nitrogens is 2. The molecule has 0 radical (unpaired) electrons. The summed E-state index contributed by atoms with van der Waals surface area (Å²) in [5.41, 5.74) is -0.246. The quantitative estimate of drug-likeness (QED) is 0.515. The van der Waals surface area contributed by atoms with Crippen molar-refractivity contribution in [3.05, 3.63) is 49.1 Å². The number of hydrogen-bond acceptors (Lipinski definition) is 5. The number of nitrogens with zero attached hydrogens (tertiary/aromatic N) is 2. The van der Waals surface area contributed by atoms with Gasteiger partial charge in [-0.3, -0.25) is 14.2 Å². The van der Waals surface area contributed by atoms with E-state index >= 15 is 0 Å². The molecule has 0 saturated heterocycles. The standard InChI is InChI=1S/C16H15BrN2O4/c1-9-18-15-13(16(21)19(9)6-3-7-22-2)14(20)11-8-10(17)4-5-12(11)23-15/h4-5,8H,3,6-7H2,1-2H3. The maximum absolute atomic E-state index is 12.7. The van der Waals surface area contributed by atoms with Crippen molar-refractivity contribution in [1.82, 2.24) is 9.55 Å². The maximum Gasteiger partial charge on any atom is 0.268 e. The topological polar surface area (TPSA) is 74.3 Å². The number of aryl methyl sites for hydroxylation is 1. The van der Waals surface area contributed by atoms with Gasteiger partial charge in [0.05, 0.1) is 5.39 Å². The number of benzene rings is 1. The zero-order valence-electron chi connectivity index (χ0n) is 12.8. The highest BCUT2D eigenvalue weighted by Crippen LogP contribution is 2.20. The minimum Gasteiger partial charge on any atom is -0.437 e. The summed E-state index contributed by atoms with van der Waals surface area (Å²) >= 11 is 3.32. The van der Waals surface area contributed by atoms with E-state index in [0.29, 0.717) is 36.4 Å². The van der Waals surface area contributed by atoms with Gasteiger partial charge in [-0.15, -0.1) is 0 Å². The van der Waals surface area contributed by atoms with Crippen LogP contribution in [0.5, 0.6) is 0 Å². The van der Waals surface area contributed by atoms with Gasteiger partial charge in [0.2, 0.25) is 11.1 Å². The summed E-state index contributed by atoms with van der Waals surface area (Å²) in [4.78, 5) is 29.7. The van der Waals surface area contributed by atoms with Gasteiger partial charge in [-0.05, 0) is 31.5 Å². The molecule has 120 valence electrons. The van der Waals surface area contributed by atoms with E-state index in [1.165, 1.54) is 4.57 Å². The van der Waals surface area contributed by atoms with Gasteiger partial charge in [-0.1, -0.05) is 15.9 Å². The van der Waals surface area contributed by atoms with E-state index in [9.17, 15) is 9.59 Å². The molecular formula is C16H15BrN2O4. The van der Waals surface area contributed by atoms with E-state index in [1.807, 2.05) is 0 Å². The molecule has 0 amide bonds. The molecule has 2 heterocycles. The minimum absolute atomic E-state index is 0.0152. The second kappa shape index (κ2) is 6.25. The smallest absolute Gasteiger partial charge is 0.268 e. The van der Waals surface area contributed by atoms with E-state index in [2.05, 4.69) is 20.9 Å². The second-order valence-corrected chi connectivity index (χ2v) is 6.13. The first-order chi connectivity index (χ1) is 11.0. The van der Waals surface area contributed by atoms with E-state index in [4.69, 9.17) is 9.15 Å². The van der Waals surface area contributed by atoms with Crippen molar-refractivity contribution >= 4 is 38.0 Å². The van der Waals surface area contributed by atoms with E-state index in [1.54, 1.807) is 32.2 Å². The fraction of sp³-hybridized carbons (Fsp3) is 0.312. The van der Waals surface area contributed by atoms with Crippen LogP contribution in [0.4, 0.5) is 0 Å². The molecule has 0 bridgehead atoms. The van der Waals surface area contributed by atoms with Gasteiger partial charge >= 0.3 is 0 Å². The van der Waals surface area contributed by atoms with Gasteiger partial charge in [0.1, 0.15) is 11.4 Å². The minimum atomic E-state index is -0.376. The summed E-state index contributed by atoms with van der Waals surface area (Å²) in [5, 5.41) is 0.344. The highest BCUT2D eigenvalue weighted by Gasteiger charge is 2.16. The SMILES string of the molecule is COCCCn1c(C)nc2oc3ccc(Br)cc3c(=O)c2c1=O. The van der Waals surface area contributed by atoms with Crippen molar-refractivity contribution in [3.8, 4) is 0 Å². The molecule has 0 aliphatic carbocycles. The predicted octanol–water partition coefficient (Wildman–Crippen LogP) is 2.61. The molecule has 7 heteroatoms. The number of halogens is 1. The molecule has 1 aromatic carbocycles. The van der Waals surface area contributed by atoms with Crippen molar-refractivity contribution < 1.29 is 9.15 Å².